The van der Waals surface area contributed by atoms with E-state index in [-0.39, 0.29) is 6.42 Å². The van der Waals surface area contributed by atoms with E-state index >= 15 is 0 Å². The average Bonchev–Trinajstić information content (AvgIpc) is 3.12. The van der Waals surface area contributed by atoms with Crippen LogP contribution in [0.1, 0.15) is 54.8 Å². The first kappa shape index (κ1) is 29.8. The maximum absolute atomic E-state index is 13.1. The summed E-state index contributed by atoms with van der Waals surface area (Å²) in [5, 5.41) is 6.75. The van der Waals surface area contributed by atoms with Crippen LogP contribution in [0.4, 0.5) is 13.2 Å². The fourth-order valence-corrected chi connectivity index (χ4v) is 4.42. The summed E-state index contributed by atoms with van der Waals surface area (Å²) < 4.78 is 38.8. The minimum absolute atomic E-state index is 0.365. The highest BCUT2D eigenvalue weighted by Gasteiger charge is 2.46. The van der Waals surface area contributed by atoms with Crippen molar-refractivity contribution in [3.63, 3.8) is 0 Å². The van der Waals surface area contributed by atoms with Gasteiger partial charge in [-0.2, -0.15) is 13.2 Å². The summed E-state index contributed by atoms with van der Waals surface area (Å²) in [4.78, 5) is 66.7. The lowest BCUT2D eigenvalue weighted by Gasteiger charge is -2.26. The number of aromatic nitrogens is 1. The molecule has 0 saturated carbocycles. The van der Waals surface area contributed by atoms with Gasteiger partial charge in [0.05, 0.1) is 35.0 Å². The van der Waals surface area contributed by atoms with E-state index in [9.17, 15) is 37.1 Å². The predicted octanol–water partition coefficient (Wildman–Crippen LogP) is 3.23. The number of halogens is 4. The lowest BCUT2D eigenvalue weighted by Crippen LogP contribution is -2.49. The molecule has 0 bridgehead atoms. The second kappa shape index (κ2) is 11.9. The van der Waals surface area contributed by atoms with Gasteiger partial charge < -0.3 is 10.6 Å². The molecular formula is C26H26ClF3N4O5. The summed E-state index contributed by atoms with van der Waals surface area (Å²) in [6, 6.07) is 6.79. The number of amides is 4. The molecular weight excluding hydrogens is 541 g/mol. The van der Waals surface area contributed by atoms with Gasteiger partial charge >= 0.3 is 6.18 Å². The highest BCUT2D eigenvalue weighted by molar-refractivity contribution is 6.33. The number of Topliss-reactive ketones (excluding diaryl/α,β-unsaturated/α-hetero) is 1. The Hall–Kier alpha value is -3.80. The second-order valence-electron chi connectivity index (χ2n) is 9.50. The summed E-state index contributed by atoms with van der Waals surface area (Å²) in [6.07, 6.45) is -4.59. The molecule has 3 N–H and O–H groups in total. The maximum atomic E-state index is 13.1. The van der Waals surface area contributed by atoms with E-state index in [0.29, 0.717) is 17.8 Å². The normalized spacial score (nSPS) is 18.9. The third-order valence-electron chi connectivity index (χ3n) is 6.32. The Morgan fingerprint density at radius 3 is 2.23 bits per heavy atom. The van der Waals surface area contributed by atoms with Gasteiger partial charge in [-0.15, -0.1) is 0 Å². The SMILES string of the molecule is CC(C)[C@@H](NC(=O)C[C@H](NC(=O)c1ncc(C(F)(F)F)cc1Cl)c1ccccc1)C(=O)[C@@H]1C(=O)NC(=O)[C@@H]1C. The van der Waals surface area contributed by atoms with Crippen molar-refractivity contribution < 1.29 is 37.1 Å². The van der Waals surface area contributed by atoms with Crippen LogP contribution >= 0.6 is 11.6 Å². The van der Waals surface area contributed by atoms with E-state index in [1.807, 2.05) is 0 Å². The minimum atomic E-state index is -4.70. The first-order valence-corrected chi connectivity index (χ1v) is 12.3. The lowest BCUT2D eigenvalue weighted by atomic mass is 9.85. The summed E-state index contributed by atoms with van der Waals surface area (Å²) in [5.74, 6) is -6.06. The third-order valence-corrected chi connectivity index (χ3v) is 6.61. The molecule has 0 aliphatic carbocycles. The van der Waals surface area contributed by atoms with Crippen LogP contribution in [-0.2, 0) is 25.4 Å². The van der Waals surface area contributed by atoms with Gasteiger partial charge in [-0.25, -0.2) is 4.98 Å². The van der Waals surface area contributed by atoms with E-state index < -0.39 is 81.7 Å². The van der Waals surface area contributed by atoms with E-state index in [1.54, 1.807) is 44.2 Å². The molecule has 0 radical (unpaired) electrons. The van der Waals surface area contributed by atoms with Gasteiger partial charge in [0.15, 0.2) is 5.78 Å². The van der Waals surface area contributed by atoms with Crippen LogP contribution in [-0.4, -0.2) is 40.4 Å². The molecule has 2 aromatic rings. The highest BCUT2D eigenvalue weighted by Crippen LogP contribution is 2.31. The molecule has 1 fully saturated rings. The van der Waals surface area contributed by atoms with Gasteiger partial charge in [-0.05, 0) is 17.5 Å². The van der Waals surface area contributed by atoms with Crippen molar-refractivity contribution in [1.82, 2.24) is 20.9 Å². The zero-order chi connectivity index (χ0) is 29.1. The molecule has 0 spiro atoms. The van der Waals surface area contributed by atoms with E-state index in [4.69, 9.17) is 11.6 Å². The zero-order valence-electron chi connectivity index (χ0n) is 21.1. The van der Waals surface area contributed by atoms with Crippen LogP contribution in [0.25, 0.3) is 0 Å². The Morgan fingerprint density at radius 2 is 1.72 bits per heavy atom. The summed E-state index contributed by atoms with van der Waals surface area (Å²) >= 11 is 5.90. The number of nitrogens with one attached hydrogen (secondary N) is 3. The molecule has 1 aromatic heterocycles. The molecule has 1 aromatic carbocycles. The number of carbonyl (C=O) groups excluding carboxylic acids is 5. The van der Waals surface area contributed by atoms with Crippen molar-refractivity contribution in [2.75, 3.05) is 0 Å². The lowest BCUT2D eigenvalue weighted by molar-refractivity contribution is -0.138. The molecule has 208 valence electrons. The molecule has 1 aliphatic rings. The topological polar surface area (TPSA) is 134 Å². The standard InChI is InChI=1S/C26H26ClF3N4O5/c1-12(2)20(22(36)19-13(3)23(37)34-24(19)38)33-18(35)10-17(14-7-5-4-6-8-14)32-25(39)21-16(27)9-15(11-31-21)26(28,29)30/h4-9,11-13,17,19-20H,10H2,1-3H3,(H,32,39)(H,33,35)(H,34,37,38)/t13-,17+,19-,20-/m1/s1. The molecule has 4 amide bonds. The molecule has 1 aliphatic heterocycles. The maximum Gasteiger partial charge on any atom is 0.417 e. The number of carbonyl (C=O) groups is 5. The van der Waals surface area contributed by atoms with Crippen molar-refractivity contribution >= 4 is 41.0 Å². The van der Waals surface area contributed by atoms with Crippen LogP contribution in [0.2, 0.25) is 5.02 Å². The number of rotatable bonds is 9. The van der Waals surface area contributed by atoms with E-state index in [2.05, 4.69) is 20.9 Å². The van der Waals surface area contributed by atoms with Gasteiger partial charge in [0.1, 0.15) is 11.6 Å². The second-order valence-corrected chi connectivity index (χ2v) is 9.91. The molecule has 13 heteroatoms. The number of imide groups is 1. The Kier molecular flexibility index (Phi) is 9.10. The number of benzene rings is 1. The van der Waals surface area contributed by atoms with Crippen molar-refractivity contribution in [3.05, 3.63) is 64.4 Å². The zero-order valence-corrected chi connectivity index (χ0v) is 21.9. The monoisotopic (exact) mass is 566 g/mol. The molecule has 1 saturated heterocycles. The average molecular weight is 567 g/mol. The predicted molar refractivity (Wildman–Crippen MR) is 133 cm³/mol. The highest BCUT2D eigenvalue weighted by atomic mass is 35.5. The largest absolute Gasteiger partial charge is 0.417 e. The van der Waals surface area contributed by atoms with Crippen LogP contribution in [0.5, 0.6) is 0 Å². The van der Waals surface area contributed by atoms with Gasteiger partial charge in [0, 0.05) is 6.20 Å². The van der Waals surface area contributed by atoms with Gasteiger partial charge in [-0.1, -0.05) is 62.7 Å². The van der Waals surface area contributed by atoms with Gasteiger partial charge in [0.2, 0.25) is 17.7 Å². The van der Waals surface area contributed by atoms with Crippen molar-refractivity contribution in [2.24, 2.45) is 17.8 Å². The molecule has 9 nitrogen and oxygen atoms in total. The quantitative estimate of drug-likeness (QED) is 0.315. The number of alkyl halides is 3. The number of hydrogen-bond acceptors (Lipinski definition) is 6. The molecule has 4 atom stereocenters. The van der Waals surface area contributed by atoms with Gasteiger partial charge in [-0.3, -0.25) is 29.3 Å². The Bertz CT molecular complexity index is 1290. The van der Waals surface area contributed by atoms with Crippen LogP contribution in [0.3, 0.4) is 0 Å². The van der Waals surface area contributed by atoms with E-state index in [1.165, 1.54) is 6.92 Å². The smallest absolute Gasteiger partial charge is 0.346 e. The summed E-state index contributed by atoms with van der Waals surface area (Å²) in [6.45, 7) is 4.78. The van der Waals surface area contributed by atoms with Crippen LogP contribution in [0.15, 0.2) is 42.6 Å². The Morgan fingerprint density at radius 1 is 1.08 bits per heavy atom. The Labute approximate surface area is 226 Å². The van der Waals surface area contributed by atoms with Crippen molar-refractivity contribution in [1.29, 1.82) is 0 Å². The summed E-state index contributed by atoms with van der Waals surface area (Å²) in [5.41, 5.74) is -1.10. The van der Waals surface area contributed by atoms with Crippen molar-refractivity contribution in [3.8, 4) is 0 Å². The van der Waals surface area contributed by atoms with E-state index in [0.717, 1.165) is 0 Å². The first-order valence-electron chi connectivity index (χ1n) is 12.0. The number of nitrogens with zero attached hydrogens (tertiary/aromatic N) is 1. The number of ketones is 1. The minimum Gasteiger partial charge on any atom is -0.346 e. The first-order chi connectivity index (χ1) is 18.2. The Balaban J connectivity index is 1.80. The fraction of sp³-hybridized carbons (Fsp3) is 0.385. The van der Waals surface area contributed by atoms with Gasteiger partial charge in [0.25, 0.3) is 5.91 Å². The summed E-state index contributed by atoms with van der Waals surface area (Å²) in [7, 11) is 0. The number of pyridine rings is 1. The third kappa shape index (κ3) is 6.99. The van der Waals surface area contributed by atoms with Crippen LogP contribution in [0, 0.1) is 17.8 Å². The number of hydrogen-bond donors (Lipinski definition) is 3. The molecule has 39 heavy (non-hydrogen) atoms. The molecule has 2 heterocycles. The molecule has 0 unspecified atom stereocenters. The van der Waals surface area contributed by atoms with Crippen LogP contribution < -0.4 is 16.0 Å². The van der Waals surface area contributed by atoms with Crippen molar-refractivity contribution in [2.45, 2.75) is 45.5 Å². The molecule has 3 rings (SSSR count). The fourth-order valence-electron chi connectivity index (χ4n) is 4.17.